The standard InChI is InChI=1S/C17H14N2O3.ClH/c1-10-5-3-6-11(9-10)13-12-7-4-8-18-14(12)16(20)19(2)15(13)17(21)22;/h3-9H,1-2H3,(H,21,22);1H. The highest BCUT2D eigenvalue weighted by Crippen LogP contribution is 2.30. The topological polar surface area (TPSA) is 72.2 Å². The van der Waals surface area contributed by atoms with Crippen molar-refractivity contribution in [2.45, 2.75) is 6.92 Å². The van der Waals surface area contributed by atoms with E-state index < -0.39 is 11.5 Å². The van der Waals surface area contributed by atoms with Crippen molar-refractivity contribution in [3.63, 3.8) is 0 Å². The van der Waals surface area contributed by atoms with Gasteiger partial charge in [-0.15, -0.1) is 12.4 Å². The first-order chi connectivity index (χ1) is 10.5. The fourth-order valence-corrected chi connectivity index (χ4v) is 2.68. The van der Waals surface area contributed by atoms with Crippen molar-refractivity contribution in [2.24, 2.45) is 7.05 Å². The van der Waals surface area contributed by atoms with Gasteiger partial charge in [0.05, 0.1) is 0 Å². The molecule has 3 aromatic rings. The minimum atomic E-state index is -1.14. The molecule has 23 heavy (non-hydrogen) atoms. The molecule has 6 heteroatoms. The van der Waals surface area contributed by atoms with Gasteiger partial charge in [0.1, 0.15) is 11.2 Å². The van der Waals surface area contributed by atoms with Gasteiger partial charge in [-0.25, -0.2) is 4.79 Å². The van der Waals surface area contributed by atoms with Gasteiger partial charge >= 0.3 is 5.97 Å². The van der Waals surface area contributed by atoms with Gasteiger partial charge in [-0.2, -0.15) is 0 Å². The number of benzene rings is 1. The molecule has 0 saturated carbocycles. The summed E-state index contributed by atoms with van der Waals surface area (Å²) in [4.78, 5) is 28.2. The van der Waals surface area contributed by atoms with Crippen molar-refractivity contribution >= 4 is 29.3 Å². The molecule has 0 aliphatic carbocycles. The maximum atomic E-state index is 12.3. The molecule has 2 heterocycles. The number of hydrogen-bond acceptors (Lipinski definition) is 3. The normalized spacial score (nSPS) is 10.3. The monoisotopic (exact) mass is 330 g/mol. The second-order valence-corrected chi connectivity index (χ2v) is 5.16. The number of carbonyl (C=O) groups is 1. The highest BCUT2D eigenvalue weighted by Gasteiger charge is 2.21. The predicted molar refractivity (Wildman–Crippen MR) is 91.4 cm³/mol. The first-order valence-corrected chi connectivity index (χ1v) is 6.78. The summed E-state index contributed by atoms with van der Waals surface area (Å²) >= 11 is 0. The van der Waals surface area contributed by atoms with Crippen LogP contribution in [-0.4, -0.2) is 20.6 Å². The van der Waals surface area contributed by atoms with Crippen molar-refractivity contribution in [2.75, 3.05) is 0 Å². The SMILES string of the molecule is Cc1cccc(-c2c(C(=O)O)n(C)c(=O)c3ncccc23)c1.Cl. The van der Waals surface area contributed by atoms with Crippen LogP contribution >= 0.6 is 12.4 Å². The van der Waals surface area contributed by atoms with Crippen molar-refractivity contribution in [1.82, 2.24) is 9.55 Å². The van der Waals surface area contributed by atoms with Gasteiger partial charge in [0.25, 0.3) is 5.56 Å². The lowest BCUT2D eigenvalue weighted by Gasteiger charge is -2.14. The van der Waals surface area contributed by atoms with Crippen LogP contribution in [0, 0.1) is 6.92 Å². The van der Waals surface area contributed by atoms with Gasteiger partial charge in [0.2, 0.25) is 0 Å². The number of rotatable bonds is 2. The van der Waals surface area contributed by atoms with Crippen LogP contribution in [-0.2, 0) is 7.05 Å². The summed E-state index contributed by atoms with van der Waals surface area (Å²) in [5, 5.41) is 10.1. The number of nitrogens with zero attached hydrogens (tertiary/aromatic N) is 2. The number of halogens is 1. The van der Waals surface area contributed by atoms with E-state index in [9.17, 15) is 14.7 Å². The molecule has 3 rings (SSSR count). The molecule has 0 amide bonds. The number of carboxylic acid groups (broad SMARTS) is 1. The van der Waals surface area contributed by atoms with E-state index in [1.165, 1.54) is 13.2 Å². The Hall–Kier alpha value is -2.66. The summed E-state index contributed by atoms with van der Waals surface area (Å²) in [6.07, 6.45) is 1.53. The van der Waals surface area contributed by atoms with E-state index in [4.69, 9.17) is 0 Å². The number of fused-ring (bicyclic) bond motifs is 1. The largest absolute Gasteiger partial charge is 0.477 e. The lowest BCUT2D eigenvalue weighted by Crippen LogP contribution is -2.25. The van der Waals surface area contributed by atoms with E-state index in [2.05, 4.69) is 4.98 Å². The van der Waals surface area contributed by atoms with E-state index in [0.29, 0.717) is 10.9 Å². The maximum absolute atomic E-state index is 12.3. The zero-order valence-electron chi connectivity index (χ0n) is 12.6. The maximum Gasteiger partial charge on any atom is 0.353 e. The Morgan fingerprint density at radius 1 is 1.22 bits per heavy atom. The first kappa shape index (κ1) is 16.7. The Balaban J connectivity index is 0.00000192. The van der Waals surface area contributed by atoms with Crippen LogP contribution in [0.15, 0.2) is 47.4 Å². The summed E-state index contributed by atoms with van der Waals surface area (Å²) in [5.41, 5.74) is 2.11. The lowest BCUT2D eigenvalue weighted by atomic mass is 9.97. The van der Waals surface area contributed by atoms with Crippen molar-refractivity contribution in [3.05, 3.63) is 64.2 Å². The third-order valence-electron chi connectivity index (χ3n) is 3.67. The fraction of sp³-hybridized carbons (Fsp3) is 0.118. The Bertz CT molecular complexity index is 964. The van der Waals surface area contributed by atoms with Crippen molar-refractivity contribution in [1.29, 1.82) is 0 Å². The third-order valence-corrected chi connectivity index (χ3v) is 3.67. The Morgan fingerprint density at radius 3 is 2.61 bits per heavy atom. The van der Waals surface area contributed by atoms with Crippen molar-refractivity contribution < 1.29 is 9.90 Å². The molecule has 0 spiro atoms. The highest BCUT2D eigenvalue weighted by molar-refractivity contribution is 6.05. The predicted octanol–water partition coefficient (Wildman–Crippen LogP) is 3.03. The van der Waals surface area contributed by atoms with Gasteiger partial charge in [-0.3, -0.25) is 9.78 Å². The van der Waals surface area contributed by atoms with Crippen LogP contribution in [0.5, 0.6) is 0 Å². The summed E-state index contributed by atoms with van der Waals surface area (Å²) in [7, 11) is 1.46. The van der Waals surface area contributed by atoms with Crippen LogP contribution in [0.1, 0.15) is 16.1 Å². The minimum absolute atomic E-state index is 0. The molecule has 5 nitrogen and oxygen atoms in total. The summed E-state index contributed by atoms with van der Waals surface area (Å²) in [6, 6.07) is 11.0. The van der Waals surface area contributed by atoms with E-state index in [1.807, 2.05) is 31.2 Å². The Labute approximate surface area is 138 Å². The average molecular weight is 331 g/mol. The molecule has 0 saturated heterocycles. The molecule has 0 aliphatic heterocycles. The highest BCUT2D eigenvalue weighted by atomic mass is 35.5. The molecule has 0 unspecified atom stereocenters. The van der Waals surface area contributed by atoms with Crippen LogP contribution in [0.4, 0.5) is 0 Å². The number of aryl methyl sites for hydroxylation is 1. The summed E-state index contributed by atoms with van der Waals surface area (Å²) in [6.45, 7) is 1.94. The number of pyridine rings is 2. The van der Waals surface area contributed by atoms with Crippen LogP contribution < -0.4 is 5.56 Å². The molecule has 0 fully saturated rings. The molecule has 0 bridgehead atoms. The molecular weight excluding hydrogens is 316 g/mol. The lowest BCUT2D eigenvalue weighted by molar-refractivity contribution is 0.0686. The van der Waals surface area contributed by atoms with Gasteiger partial charge in [-0.1, -0.05) is 35.9 Å². The molecule has 0 radical (unpaired) electrons. The quantitative estimate of drug-likeness (QED) is 0.784. The molecule has 1 N–H and O–H groups in total. The van der Waals surface area contributed by atoms with Gasteiger partial charge in [0.15, 0.2) is 0 Å². The molecule has 2 aromatic heterocycles. The van der Waals surface area contributed by atoms with Gasteiger partial charge in [0, 0.05) is 24.2 Å². The second-order valence-electron chi connectivity index (χ2n) is 5.16. The smallest absolute Gasteiger partial charge is 0.353 e. The Kier molecular flexibility index (Phi) is 4.52. The van der Waals surface area contributed by atoms with Gasteiger partial charge < -0.3 is 9.67 Å². The third kappa shape index (κ3) is 2.71. The number of hydrogen-bond donors (Lipinski definition) is 1. The first-order valence-electron chi connectivity index (χ1n) is 6.78. The molecule has 1 aromatic carbocycles. The average Bonchev–Trinajstić information content (AvgIpc) is 2.50. The summed E-state index contributed by atoms with van der Waals surface area (Å²) < 4.78 is 1.15. The minimum Gasteiger partial charge on any atom is -0.477 e. The van der Waals surface area contributed by atoms with Crippen LogP contribution in [0.3, 0.4) is 0 Å². The van der Waals surface area contributed by atoms with Gasteiger partial charge in [-0.05, 0) is 18.6 Å². The van der Waals surface area contributed by atoms with E-state index in [1.54, 1.807) is 12.1 Å². The molecular formula is C17H15ClN2O3. The fourth-order valence-electron chi connectivity index (χ4n) is 2.68. The van der Waals surface area contributed by atoms with E-state index in [0.717, 1.165) is 15.7 Å². The Morgan fingerprint density at radius 2 is 1.96 bits per heavy atom. The number of aromatic carboxylic acids is 1. The number of carboxylic acids is 1. The van der Waals surface area contributed by atoms with E-state index >= 15 is 0 Å². The molecule has 118 valence electrons. The van der Waals surface area contributed by atoms with Crippen LogP contribution in [0.2, 0.25) is 0 Å². The molecule has 0 atom stereocenters. The van der Waals surface area contributed by atoms with E-state index in [-0.39, 0.29) is 23.6 Å². The summed E-state index contributed by atoms with van der Waals surface area (Å²) in [5.74, 6) is -1.14. The molecule has 0 aliphatic rings. The second kappa shape index (κ2) is 6.22. The number of aromatic nitrogens is 2. The zero-order chi connectivity index (χ0) is 15.9. The van der Waals surface area contributed by atoms with Crippen LogP contribution in [0.25, 0.3) is 22.0 Å². The zero-order valence-corrected chi connectivity index (χ0v) is 13.4. The van der Waals surface area contributed by atoms with Crippen molar-refractivity contribution in [3.8, 4) is 11.1 Å².